The molecule has 0 saturated carbocycles. The van der Waals surface area contributed by atoms with Gasteiger partial charge in [0.25, 0.3) is 0 Å². The maximum atomic E-state index is 12.1. The van der Waals surface area contributed by atoms with E-state index >= 15 is 0 Å². The number of benzene rings is 2. The fourth-order valence-corrected chi connectivity index (χ4v) is 5.46. The van der Waals surface area contributed by atoms with Gasteiger partial charge in [-0.3, -0.25) is 9.63 Å². The Balaban J connectivity index is 1.14. The van der Waals surface area contributed by atoms with Crippen LogP contribution in [0.15, 0.2) is 36.4 Å². The Bertz CT molecular complexity index is 976. The summed E-state index contributed by atoms with van der Waals surface area (Å²) in [4.78, 5) is 20.6. The van der Waals surface area contributed by atoms with Crippen molar-refractivity contribution >= 4 is 17.3 Å². The summed E-state index contributed by atoms with van der Waals surface area (Å²) in [7, 11) is 0. The Labute approximate surface area is 170 Å². The number of hydrogen-bond acceptors (Lipinski definition) is 5. The molecule has 1 N–H and O–H groups in total. The molecule has 2 unspecified atom stereocenters. The van der Waals surface area contributed by atoms with E-state index in [2.05, 4.69) is 45.6 Å². The number of ether oxygens (including phenoxy) is 1. The van der Waals surface area contributed by atoms with E-state index in [0.29, 0.717) is 25.1 Å². The highest BCUT2D eigenvalue weighted by molar-refractivity contribution is 6.03. The molecule has 4 aliphatic rings. The first-order chi connectivity index (χ1) is 14.3. The Morgan fingerprint density at radius 3 is 3.10 bits per heavy atom. The first kappa shape index (κ1) is 17.3. The first-order valence-electron chi connectivity index (χ1n) is 10.6. The van der Waals surface area contributed by atoms with E-state index in [4.69, 9.17) is 9.57 Å². The van der Waals surface area contributed by atoms with Crippen LogP contribution in [0, 0.1) is 0 Å². The molecule has 0 radical (unpaired) electrons. The van der Waals surface area contributed by atoms with Crippen molar-refractivity contribution in [3.05, 3.63) is 53.1 Å². The van der Waals surface area contributed by atoms with Gasteiger partial charge >= 0.3 is 0 Å². The van der Waals surface area contributed by atoms with Crippen LogP contribution in [-0.2, 0) is 22.5 Å². The summed E-state index contributed by atoms with van der Waals surface area (Å²) in [5.74, 6) is 1.54. The monoisotopic (exact) mass is 391 g/mol. The van der Waals surface area contributed by atoms with Gasteiger partial charge in [0.05, 0.1) is 31.1 Å². The van der Waals surface area contributed by atoms with Crippen LogP contribution in [0.5, 0.6) is 5.75 Å². The zero-order valence-corrected chi connectivity index (χ0v) is 16.4. The molecule has 2 atom stereocenters. The Morgan fingerprint density at radius 2 is 2.14 bits per heavy atom. The van der Waals surface area contributed by atoms with Crippen molar-refractivity contribution < 1.29 is 14.4 Å². The lowest BCUT2D eigenvalue weighted by Gasteiger charge is -2.39. The molecule has 6 nitrogen and oxygen atoms in total. The van der Waals surface area contributed by atoms with E-state index < -0.39 is 0 Å². The fourth-order valence-electron chi connectivity index (χ4n) is 5.46. The van der Waals surface area contributed by atoms with E-state index in [0.717, 1.165) is 50.4 Å². The molecule has 4 aliphatic heterocycles. The maximum absolute atomic E-state index is 12.1. The number of nitrogens with one attached hydrogen (secondary N) is 1. The Morgan fingerprint density at radius 1 is 1.21 bits per heavy atom. The molecule has 2 aromatic rings. The lowest BCUT2D eigenvalue weighted by atomic mass is 9.90. The van der Waals surface area contributed by atoms with Gasteiger partial charge in [0.1, 0.15) is 5.75 Å². The molecule has 4 heterocycles. The van der Waals surface area contributed by atoms with Crippen molar-refractivity contribution in [2.75, 3.05) is 43.1 Å². The van der Waals surface area contributed by atoms with Crippen LogP contribution in [0.2, 0.25) is 0 Å². The second-order valence-corrected chi connectivity index (χ2v) is 8.36. The third-order valence-electron chi connectivity index (χ3n) is 6.72. The molecule has 1 fully saturated rings. The van der Waals surface area contributed by atoms with Crippen molar-refractivity contribution in [1.29, 1.82) is 0 Å². The summed E-state index contributed by atoms with van der Waals surface area (Å²) in [6, 6.07) is 13.1. The minimum atomic E-state index is 0.0894. The number of carbonyl (C=O) groups excluding carboxylic acids is 1. The number of amides is 1. The summed E-state index contributed by atoms with van der Waals surface area (Å²) in [5.41, 5.74) is 6.08. The summed E-state index contributed by atoms with van der Waals surface area (Å²) < 4.78 is 5.81. The fraction of sp³-hybridized carbons (Fsp3) is 0.435. The van der Waals surface area contributed by atoms with Crippen LogP contribution in [0.4, 0.5) is 11.4 Å². The van der Waals surface area contributed by atoms with Gasteiger partial charge in [-0.1, -0.05) is 30.3 Å². The van der Waals surface area contributed by atoms with E-state index in [1.807, 2.05) is 6.07 Å². The van der Waals surface area contributed by atoms with Crippen LogP contribution in [-0.4, -0.2) is 49.9 Å². The number of piperidine rings is 1. The zero-order valence-electron chi connectivity index (χ0n) is 16.4. The van der Waals surface area contributed by atoms with E-state index in [-0.39, 0.29) is 5.91 Å². The van der Waals surface area contributed by atoms with Gasteiger partial charge in [0.2, 0.25) is 5.91 Å². The third kappa shape index (κ3) is 2.81. The normalized spacial score (nSPS) is 24.6. The number of hydrogen-bond donors (Lipinski definition) is 1. The Kier molecular flexibility index (Phi) is 4.03. The Hall–Kier alpha value is -2.57. The second kappa shape index (κ2) is 6.75. The van der Waals surface area contributed by atoms with Gasteiger partial charge < -0.3 is 15.0 Å². The predicted octanol–water partition coefficient (Wildman–Crippen LogP) is 2.73. The molecule has 150 valence electrons. The van der Waals surface area contributed by atoms with E-state index in [1.165, 1.54) is 22.4 Å². The molecule has 6 rings (SSSR count). The second-order valence-electron chi connectivity index (χ2n) is 8.36. The molecular weight excluding hydrogens is 366 g/mol. The minimum absolute atomic E-state index is 0.0894. The van der Waals surface area contributed by atoms with Gasteiger partial charge in [0.15, 0.2) is 0 Å². The number of carbonyl (C=O) groups is 1. The predicted molar refractivity (Wildman–Crippen MR) is 110 cm³/mol. The average molecular weight is 391 g/mol. The maximum Gasteiger partial charge on any atom is 0.243 e. The topological polar surface area (TPSA) is 54.0 Å². The van der Waals surface area contributed by atoms with E-state index in [1.54, 1.807) is 0 Å². The number of hydroxylamine groups is 2. The van der Waals surface area contributed by atoms with Crippen molar-refractivity contribution in [3.63, 3.8) is 0 Å². The zero-order chi connectivity index (χ0) is 19.4. The number of para-hydroxylation sites is 2. The molecule has 1 saturated heterocycles. The van der Waals surface area contributed by atoms with Crippen LogP contribution >= 0.6 is 0 Å². The minimum Gasteiger partial charge on any atom is -0.493 e. The van der Waals surface area contributed by atoms with Crippen LogP contribution in [0.3, 0.4) is 0 Å². The number of rotatable bonds is 4. The number of nitrogens with zero attached hydrogens (tertiary/aromatic N) is 2. The van der Waals surface area contributed by atoms with Crippen molar-refractivity contribution in [2.24, 2.45) is 0 Å². The lowest BCUT2D eigenvalue weighted by Crippen LogP contribution is -2.49. The highest BCUT2D eigenvalue weighted by Crippen LogP contribution is 2.49. The number of fused-ring (bicyclic) bond motifs is 4. The SMILES string of the molecule is O=C1CN2c3c(cccc3C3CN(OCCc4cccc5c4OCC5)CCC32)N1. The molecule has 1 amide bonds. The molecular formula is C23H25N3O3. The molecule has 29 heavy (non-hydrogen) atoms. The molecule has 2 aromatic carbocycles. The van der Waals surface area contributed by atoms with Crippen molar-refractivity contribution in [3.8, 4) is 5.75 Å². The number of anilines is 2. The van der Waals surface area contributed by atoms with Gasteiger partial charge in [-0.25, -0.2) is 0 Å². The molecule has 0 aliphatic carbocycles. The lowest BCUT2D eigenvalue weighted by molar-refractivity contribution is -0.172. The summed E-state index contributed by atoms with van der Waals surface area (Å²) in [6.07, 6.45) is 2.88. The van der Waals surface area contributed by atoms with Crippen LogP contribution in [0.25, 0.3) is 0 Å². The quantitative estimate of drug-likeness (QED) is 0.869. The summed E-state index contributed by atoms with van der Waals surface area (Å²) >= 11 is 0. The van der Waals surface area contributed by atoms with Gasteiger partial charge in [-0.2, -0.15) is 5.06 Å². The molecule has 6 heteroatoms. The third-order valence-corrected chi connectivity index (χ3v) is 6.72. The summed E-state index contributed by atoms with van der Waals surface area (Å²) in [5, 5.41) is 5.15. The average Bonchev–Trinajstić information content (AvgIpc) is 3.33. The van der Waals surface area contributed by atoms with Gasteiger partial charge in [0, 0.05) is 37.9 Å². The standard InChI is InChI=1S/C23H25N3O3/c27-21-14-26-20-7-10-25(13-18(20)17-5-2-6-19(24-21)22(17)26)29-12-9-16-4-1-3-15-8-11-28-23(15)16/h1-6,18,20H,7-14H2,(H,24,27). The van der Waals surface area contributed by atoms with Gasteiger partial charge in [-0.05, 0) is 29.2 Å². The van der Waals surface area contributed by atoms with Crippen LogP contribution in [0.1, 0.15) is 29.0 Å². The highest BCUT2D eigenvalue weighted by atomic mass is 16.7. The van der Waals surface area contributed by atoms with E-state index in [9.17, 15) is 4.79 Å². The largest absolute Gasteiger partial charge is 0.493 e. The smallest absolute Gasteiger partial charge is 0.243 e. The van der Waals surface area contributed by atoms with Crippen molar-refractivity contribution in [1.82, 2.24) is 5.06 Å². The van der Waals surface area contributed by atoms with Gasteiger partial charge in [-0.15, -0.1) is 0 Å². The first-order valence-corrected chi connectivity index (χ1v) is 10.6. The summed E-state index contributed by atoms with van der Waals surface area (Å²) in [6.45, 7) is 3.68. The van der Waals surface area contributed by atoms with Crippen molar-refractivity contribution in [2.45, 2.75) is 31.2 Å². The van der Waals surface area contributed by atoms with Crippen LogP contribution < -0.4 is 15.0 Å². The molecule has 0 bridgehead atoms. The molecule has 0 aromatic heterocycles. The molecule has 0 spiro atoms. The highest BCUT2D eigenvalue weighted by Gasteiger charge is 2.45.